The summed E-state index contributed by atoms with van der Waals surface area (Å²) in [6.45, 7) is 6.06. The standard InChI is InChI=1S/C21H23FN6OS/c1-12(2)15-11-24-28-19(15)26-21(30-13-7-9-23-10-8-13)17(22)20(28)25-18-14-5-3-4-6-16(14)29-27-18/h3-6,11-13,23H,7-10H2,1-2H3,(H,25,27). The maximum atomic E-state index is 15.7. The predicted octanol–water partition coefficient (Wildman–Crippen LogP) is 4.72. The molecule has 1 fully saturated rings. The number of nitrogens with one attached hydrogen (secondary N) is 2. The van der Waals surface area contributed by atoms with Crippen LogP contribution in [0.3, 0.4) is 0 Å². The predicted molar refractivity (Wildman–Crippen MR) is 116 cm³/mol. The van der Waals surface area contributed by atoms with Gasteiger partial charge in [0, 0.05) is 10.8 Å². The number of para-hydroxylation sites is 1. The number of thioether (sulfide) groups is 1. The van der Waals surface area contributed by atoms with Crippen LogP contribution in [0.5, 0.6) is 0 Å². The Morgan fingerprint density at radius 3 is 2.87 bits per heavy atom. The van der Waals surface area contributed by atoms with Gasteiger partial charge in [-0.1, -0.05) is 42.9 Å². The van der Waals surface area contributed by atoms with Crippen LogP contribution in [0.2, 0.25) is 0 Å². The van der Waals surface area contributed by atoms with E-state index >= 15 is 4.39 Å². The van der Waals surface area contributed by atoms with Gasteiger partial charge in [-0.05, 0) is 44.0 Å². The van der Waals surface area contributed by atoms with Crippen molar-refractivity contribution in [1.29, 1.82) is 0 Å². The molecule has 0 bridgehead atoms. The van der Waals surface area contributed by atoms with E-state index in [1.165, 1.54) is 16.3 Å². The molecule has 0 radical (unpaired) electrons. The van der Waals surface area contributed by atoms with Gasteiger partial charge in [0.25, 0.3) is 0 Å². The van der Waals surface area contributed by atoms with E-state index in [1.807, 2.05) is 24.3 Å². The number of benzene rings is 1. The van der Waals surface area contributed by atoms with Gasteiger partial charge in [0.2, 0.25) is 0 Å². The summed E-state index contributed by atoms with van der Waals surface area (Å²) in [5.74, 6) is 0.480. The molecule has 4 heterocycles. The lowest BCUT2D eigenvalue weighted by atomic mass is 10.1. The molecular formula is C21H23FN6OS. The van der Waals surface area contributed by atoms with E-state index in [9.17, 15) is 0 Å². The second kappa shape index (κ2) is 7.88. The highest BCUT2D eigenvalue weighted by atomic mass is 32.2. The first-order chi connectivity index (χ1) is 14.6. The zero-order valence-corrected chi connectivity index (χ0v) is 17.7. The van der Waals surface area contributed by atoms with E-state index in [1.54, 1.807) is 6.20 Å². The first-order valence-corrected chi connectivity index (χ1v) is 11.1. The Morgan fingerprint density at radius 1 is 1.27 bits per heavy atom. The molecule has 0 amide bonds. The summed E-state index contributed by atoms with van der Waals surface area (Å²) >= 11 is 1.51. The van der Waals surface area contributed by atoms with Crippen LogP contribution in [-0.4, -0.2) is 38.1 Å². The molecule has 30 heavy (non-hydrogen) atoms. The van der Waals surface area contributed by atoms with Crippen LogP contribution in [0.1, 0.15) is 38.2 Å². The van der Waals surface area contributed by atoms with Crippen LogP contribution in [0.25, 0.3) is 16.6 Å². The first kappa shape index (κ1) is 19.3. The molecule has 1 saturated heterocycles. The highest BCUT2D eigenvalue weighted by Crippen LogP contribution is 2.36. The maximum Gasteiger partial charge on any atom is 0.198 e. The number of hydrogen-bond donors (Lipinski definition) is 2. The van der Waals surface area contributed by atoms with E-state index in [-0.39, 0.29) is 11.7 Å². The van der Waals surface area contributed by atoms with E-state index in [0.717, 1.165) is 36.9 Å². The largest absolute Gasteiger partial charge is 0.354 e. The minimum Gasteiger partial charge on any atom is -0.354 e. The van der Waals surface area contributed by atoms with Crippen molar-refractivity contribution in [3.63, 3.8) is 0 Å². The van der Waals surface area contributed by atoms with Gasteiger partial charge < -0.3 is 15.2 Å². The molecule has 0 aliphatic carbocycles. The highest BCUT2D eigenvalue weighted by Gasteiger charge is 2.24. The third-order valence-corrected chi connectivity index (χ3v) is 6.69. The summed E-state index contributed by atoms with van der Waals surface area (Å²) < 4.78 is 22.6. The second-order valence-corrected chi connectivity index (χ2v) is 9.08. The number of anilines is 2. The fourth-order valence-corrected chi connectivity index (χ4v) is 4.85. The molecule has 0 saturated carbocycles. The van der Waals surface area contributed by atoms with Crippen molar-refractivity contribution in [2.45, 2.75) is 42.9 Å². The van der Waals surface area contributed by atoms with Crippen LogP contribution < -0.4 is 10.6 Å². The summed E-state index contributed by atoms with van der Waals surface area (Å²) in [6, 6.07) is 7.48. The summed E-state index contributed by atoms with van der Waals surface area (Å²) in [6.07, 6.45) is 3.74. The highest BCUT2D eigenvalue weighted by molar-refractivity contribution is 7.99. The molecule has 3 aromatic heterocycles. The maximum absolute atomic E-state index is 15.7. The monoisotopic (exact) mass is 426 g/mol. The van der Waals surface area contributed by atoms with Gasteiger partial charge >= 0.3 is 0 Å². The van der Waals surface area contributed by atoms with E-state index < -0.39 is 5.82 Å². The van der Waals surface area contributed by atoms with Gasteiger partial charge in [-0.3, -0.25) is 0 Å². The van der Waals surface area contributed by atoms with Crippen molar-refractivity contribution in [2.24, 2.45) is 0 Å². The Balaban J connectivity index is 1.62. The SMILES string of the molecule is CC(C)c1cnn2c(Nc3noc4ccccc34)c(F)c(SC3CCNCC3)nc12. The van der Waals surface area contributed by atoms with Crippen molar-refractivity contribution in [2.75, 3.05) is 18.4 Å². The number of fused-ring (bicyclic) bond motifs is 2. The normalized spacial score (nSPS) is 15.5. The lowest BCUT2D eigenvalue weighted by Gasteiger charge is -2.22. The van der Waals surface area contributed by atoms with E-state index in [2.05, 4.69) is 39.7 Å². The Kier molecular flexibility index (Phi) is 5.08. The molecule has 1 aromatic carbocycles. The molecule has 7 nitrogen and oxygen atoms in total. The molecule has 4 aromatic rings. The van der Waals surface area contributed by atoms with Crippen molar-refractivity contribution in [3.05, 3.63) is 41.8 Å². The number of halogens is 1. The number of piperidine rings is 1. The molecule has 5 rings (SSSR count). The molecule has 2 N–H and O–H groups in total. The average molecular weight is 427 g/mol. The fourth-order valence-electron chi connectivity index (χ4n) is 3.72. The molecule has 0 unspecified atom stereocenters. The molecular weight excluding hydrogens is 403 g/mol. The molecule has 0 atom stereocenters. The van der Waals surface area contributed by atoms with Gasteiger partial charge in [0.05, 0.1) is 11.6 Å². The third kappa shape index (κ3) is 3.41. The van der Waals surface area contributed by atoms with Crippen molar-refractivity contribution in [3.8, 4) is 0 Å². The van der Waals surface area contributed by atoms with Crippen LogP contribution in [0.4, 0.5) is 16.0 Å². The average Bonchev–Trinajstić information content (AvgIpc) is 3.36. The van der Waals surface area contributed by atoms with Gasteiger partial charge in [0.1, 0.15) is 5.03 Å². The summed E-state index contributed by atoms with van der Waals surface area (Å²) in [5, 5.41) is 16.5. The van der Waals surface area contributed by atoms with Crippen LogP contribution in [-0.2, 0) is 0 Å². The van der Waals surface area contributed by atoms with E-state index in [0.29, 0.717) is 27.3 Å². The zero-order valence-electron chi connectivity index (χ0n) is 16.9. The minimum atomic E-state index is -0.420. The molecule has 1 aliphatic heterocycles. The summed E-state index contributed by atoms with van der Waals surface area (Å²) in [5.41, 5.74) is 2.28. The number of aromatic nitrogens is 4. The number of hydrogen-bond acceptors (Lipinski definition) is 7. The topological polar surface area (TPSA) is 80.3 Å². The summed E-state index contributed by atoms with van der Waals surface area (Å²) in [7, 11) is 0. The Hall–Kier alpha value is -2.65. The fraction of sp³-hybridized carbons (Fsp3) is 0.381. The second-order valence-electron chi connectivity index (χ2n) is 7.79. The lowest BCUT2D eigenvalue weighted by molar-refractivity contribution is 0.460. The minimum absolute atomic E-state index is 0.220. The summed E-state index contributed by atoms with van der Waals surface area (Å²) in [4.78, 5) is 4.69. The molecule has 1 aliphatic rings. The molecule has 9 heteroatoms. The van der Waals surface area contributed by atoms with Gasteiger partial charge in [0.15, 0.2) is 28.7 Å². The van der Waals surface area contributed by atoms with Crippen molar-refractivity contribution >= 4 is 40.0 Å². The van der Waals surface area contributed by atoms with Gasteiger partial charge in [-0.2, -0.15) is 14.0 Å². The smallest absolute Gasteiger partial charge is 0.198 e. The number of rotatable bonds is 5. The zero-order chi connectivity index (χ0) is 20.7. The van der Waals surface area contributed by atoms with Gasteiger partial charge in [-0.15, -0.1) is 0 Å². The van der Waals surface area contributed by atoms with Crippen molar-refractivity contribution in [1.82, 2.24) is 25.1 Å². The lowest BCUT2D eigenvalue weighted by Crippen LogP contribution is -2.29. The van der Waals surface area contributed by atoms with Crippen LogP contribution in [0.15, 0.2) is 40.0 Å². The first-order valence-electron chi connectivity index (χ1n) is 10.2. The number of nitrogens with zero attached hydrogens (tertiary/aromatic N) is 4. The Labute approximate surface area is 177 Å². The molecule has 0 spiro atoms. The van der Waals surface area contributed by atoms with E-state index in [4.69, 9.17) is 4.52 Å². The van der Waals surface area contributed by atoms with Crippen LogP contribution >= 0.6 is 11.8 Å². The quantitative estimate of drug-likeness (QED) is 0.447. The van der Waals surface area contributed by atoms with Crippen molar-refractivity contribution < 1.29 is 8.91 Å². The Bertz CT molecular complexity index is 1200. The van der Waals surface area contributed by atoms with Gasteiger partial charge in [-0.25, -0.2) is 4.98 Å². The molecule has 156 valence electrons. The van der Waals surface area contributed by atoms with Crippen LogP contribution in [0, 0.1) is 5.82 Å². The third-order valence-electron chi connectivity index (χ3n) is 5.39. The Morgan fingerprint density at radius 2 is 2.07 bits per heavy atom.